The molecular formula is C16H17ClN6O. The van der Waals surface area contributed by atoms with Gasteiger partial charge in [0.15, 0.2) is 0 Å². The van der Waals surface area contributed by atoms with Crippen molar-refractivity contribution in [3.05, 3.63) is 52.8 Å². The lowest BCUT2D eigenvalue weighted by atomic mass is 10.2. The highest BCUT2D eigenvalue weighted by molar-refractivity contribution is 6.30. The third-order valence-electron chi connectivity index (χ3n) is 3.72. The maximum atomic E-state index is 12.7. The van der Waals surface area contributed by atoms with E-state index in [9.17, 15) is 4.79 Å². The maximum Gasteiger partial charge on any atom is 0.274 e. The molecule has 3 aromatic rings. The zero-order chi connectivity index (χ0) is 17.3. The van der Waals surface area contributed by atoms with Crippen molar-refractivity contribution in [2.75, 3.05) is 7.05 Å². The summed E-state index contributed by atoms with van der Waals surface area (Å²) < 4.78 is 1.64. The number of imidazole rings is 1. The van der Waals surface area contributed by atoms with Crippen LogP contribution in [0.5, 0.6) is 0 Å². The van der Waals surface area contributed by atoms with Crippen molar-refractivity contribution in [1.82, 2.24) is 29.6 Å². The van der Waals surface area contributed by atoms with Gasteiger partial charge in [0, 0.05) is 30.4 Å². The highest BCUT2D eigenvalue weighted by Crippen LogP contribution is 2.22. The summed E-state index contributed by atoms with van der Waals surface area (Å²) in [7, 11) is 3.50. The number of carbonyl (C=O) groups is 1. The van der Waals surface area contributed by atoms with E-state index in [-0.39, 0.29) is 5.91 Å². The van der Waals surface area contributed by atoms with Gasteiger partial charge in [-0.3, -0.25) is 9.48 Å². The van der Waals surface area contributed by atoms with Gasteiger partial charge in [0.2, 0.25) is 0 Å². The number of halogens is 1. The van der Waals surface area contributed by atoms with E-state index in [0.29, 0.717) is 34.6 Å². The first-order chi connectivity index (χ1) is 11.5. The summed E-state index contributed by atoms with van der Waals surface area (Å²) in [6.45, 7) is 2.18. The second kappa shape index (κ2) is 6.45. The Morgan fingerprint density at radius 2 is 2.21 bits per heavy atom. The number of aromatic nitrogens is 5. The maximum absolute atomic E-state index is 12.7. The van der Waals surface area contributed by atoms with Crippen molar-refractivity contribution in [1.29, 1.82) is 0 Å². The summed E-state index contributed by atoms with van der Waals surface area (Å²) in [6.07, 6.45) is 1.46. The molecule has 2 heterocycles. The molecule has 3 rings (SSSR count). The van der Waals surface area contributed by atoms with Gasteiger partial charge in [-0.15, -0.1) is 0 Å². The van der Waals surface area contributed by atoms with E-state index >= 15 is 0 Å². The number of carbonyl (C=O) groups excluding carboxylic acids is 1. The lowest BCUT2D eigenvalue weighted by Crippen LogP contribution is -2.28. The van der Waals surface area contributed by atoms with Crippen molar-refractivity contribution < 1.29 is 4.79 Å². The van der Waals surface area contributed by atoms with Gasteiger partial charge in [-0.2, -0.15) is 5.10 Å². The van der Waals surface area contributed by atoms with Crippen molar-refractivity contribution in [3.8, 4) is 11.4 Å². The monoisotopic (exact) mass is 344 g/mol. The molecule has 24 heavy (non-hydrogen) atoms. The number of nitrogens with one attached hydrogen (secondary N) is 1. The van der Waals surface area contributed by atoms with Crippen molar-refractivity contribution in [3.63, 3.8) is 0 Å². The summed E-state index contributed by atoms with van der Waals surface area (Å²) >= 11 is 6.02. The van der Waals surface area contributed by atoms with Gasteiger partial charge in [0.25, 0.3) is 5.91 Å². The van der Waals surface area contributed by atoms with Crippen LogP contribution in [0.15, 0.2) is 30.6 Å². The van der Waals surface area contributed by atoms with Gasteiger partial charge in [-0.05, 0) is 19.1 Å². The molecule has 124 valence electrons. The Balaban J connectivity index is 1.84. The van der Waals surface area contributed by atoms with Crippen LogP contribution in [0.4, 0.5) is 0 Å². The number of aromatic amines is 1. The minimum absolute atomic E-state index is 0.181. The molecule has 8 heteroatoms. The van der Waals surface area contributed by atoms with Crippen molar-refractivity contribution in [2.24, 2.45) is 7.05 Å². The van der Waals surface area contributed by atoms with Crippen LogP contribution in [0.1, 0.15) is 22.0 Å². The van der Waals surface area contributed by atoms with Gasteiger partial charge in [-0.1, -0.05) is 23.7 Å². The molecule has 0 saturated heterocycles. The minimum atomic E-state index is -0.181. The van der Waals surface area contributed by atoms with Gasteiger partial charge in [-0.25, -0.2) is 9.97 Å². The summed E-state index contributed by atoms with van der Waals surface area (Å²) in [5, 5.41) is 4.62. The molecule has 0 aliphatic carbocycles. The number of hydrogen-bond acceptors (Lipinski definition) is 4. The number of aryl methyl sites for hydroxylation is 2. The molecule has 0 saturated carbocycles. The fraction of sp³-hybridized carbons (Fsp3) is 0.250. The number of rotatable bonds is 4. The van der Waals surface area contributed by atoms with Crippen LogP contribution in [0.2, 0.25) is 5.02 Å². The van der Waals surface area contributed by atoms with Crippen LogP contribution < -0.4 is 0 Å². The van der Waals surface area contributed by atoms with Crippen molar-refractivity contribution >= 4 is 17.5 Å². The van der Waals surface area contributed by atoms with E-state index in [4.69, 9.17) is 11.6 Å². The number of H-pyrrole nitrogens is 1. The molecule has 0 aliphatic rings. The molecule has 0 unspecified atom stereocenters. The van der Waals surface area contributed by atoms with E-state index in [1.54, 1.807) is 35.8 Å². The second-order valence-corrected chi connectivity index (χ2v) is 5.97. The van der Waals surface area contributed by atoms with E-state index in [1.807, 2.05) is 19.1 Å². The Morgan fingerprint density at radius 1 is 1.42 bits per heavy atom. The Labute approximate surface area is 144 Å². The molecule has 1 N–H and O–H groups in total. The van der Waals surface area contributed by atoms with Crippen LogP contribution in [0.3, 0.4) is 0 Å². The number of amides is 1. The van der Waals surface area contributed by atoms with Crippen LogP contribution in [0, 0.1) is 6.92 Å². The molecule has 0 fully saturated rings. The molecule has 2 aromatic heterocycles. The van der Waals surface area contributed by atoms with Crippen LogP contribution in [-0.2, 0) is 13.6 Å². The topological polar surface area (TPSA) is 79.7 Å². The van der Waals surface area contributed by atoms with E-state index < -0.39 is 0 Å². The standard InChI is InChI=1S/C16H17ClN6O/c1-10-14(16(24)22(2)8-13-18-9-19-23(13)3)21-15(20-10)11-5-4-6-12(17)7-11/h4-7,9H,8H2,1-3H3,(H,20,21). The minimum Gasteiger partial charge on any atom is -0.341 e. The van der Waals surface area contributed by atoms with Gasteiger partial charge < -0.3 is 9.88 Å². The van der Waals surface area contributed by atoms with Gasteiger partial charge in [0.05, 0.1) is 6.54 Å². The van der Waals surface area contributed by atoms with E-state index in [1.165, 1.54) is 6.33 Å². The molecule has 0 aliphatic heterocycles. The number of nitrogens with zero attached hydrogens (tertiary/aromatic N) is 5. The molecule has 0 atom stereocenters. The normalized spacial score (nSPS) is 10.8. The first-order valence-electron chi connectivity index (χ1n) is 7.36. The van der Waals surface area contributed by atoms with E-state index in [2.05, 4.69) is 20.1 Å². The summed E-state index contributed by atoms with van der Waals surface area (Å²) in [5.74, 6) is 1.14. The molecule has 0 bridgehead atoms. The smallest absolute Gasteiger partial charge is 0.274 e. The second-order valence-electron chi connectivity index (χ2n) is 5.53. The zero-order valence-electron chi connectivity index (χ0n) is 13.6. The third-order valence-corrected chi connectivity index (χ3v) is 3.95. The first kappa shape index (κ1) is 16.2. The summed E-state index contributed by atoms with van der Waals surface area (Å²) in [6, 6.07) is 7.33. The average Bonchev–Trinajstić information content (AvgIpc) is 3.13. The Kier molecular flexibility index (Phi) is 4.35. The quantitative estimate of drug-likeness (QED) is 0.788. The summed E-state index contributed by atoms with van der Waals surface area (Å²) in [4.78, 5) is 26.0. The lowest BCUT2D eigenvalue weighted by Gasteiger charge is -2.15. The lowest BCUT2D eigenvalue weighted by molar-refractivity contribution is 0.0774. The van der Waals surface area contributed by atoms with E-state index in [0.717, 1.165) is 5.56 Å². The fourth-order valence-electron chi connectivity index (χ4n) is 2.37. The largest absolute Gasteiger partial charge is 0.341 e. The molecule has 0 radical (unpaired) electrons. The number of hydrogen-bond donors (Lipinski definition) is 1. The molecule has 7 nitrogen and oxygen atoms in total. The third kappa shape index (κ3) is 3.16. The Morgan fingerprint density at radius 3 is 2.88 bits per heavy atom. The van der Waals surface area contributed by atoms with Crippen LogP contribution in [-0.4, -0.2) is 42.6 Å². The SMILES string of the molecule is Cc1[nH]c(-c2cccc(Cl)c2)nc1C(=O)N(C)Cc1ncnn1C. The van der Waals surface area contributed by atoms with Crippen LogP contribution in [0.25, 0.3) is 11.4 Å². The van der Waals surface area contributed by atoms with Crippen molar-refractivity contribution in [2.45, 2.75) is 13.5 Å². The summed E-state index contributed by atoms with van der Waals surface area (Å²) in [5.41, 5.74) is 1.93. The highest BCUT2D eigenvalue weighted by Gasteiger charge is 2.20. The Hall–Kier alpha value is -2.67. The molecule has 0 spiro atoms. The number of benzene rings is 1. The highest BCUT2D eigenvalue weighted by atomic mass is 35.5. The molecule has 1 aromatic carbocycles. The fourth-order valence-corrected chi connectivity index (χ4v) is 2.56. The predicted molar refractivity (Wildman–Crippen MR) is 90.6 cm³/mol. The van der Waals surface area contributed by atoms with Gasteiger partial charge >= 0.3 is 0 Å². The first-order valence-corrected chi connectivity index (χ1v) is 7.74. The average molecular weight is 345 g/mol. The molecule has 1 amide bonds. The zero-order valence-corrected chi connectivity index (χ0v) is 14.4. The predicted octanol–water partition coefficient (Wildman–Crippen LogP) is 2.44. The van der Waals surface area contributed by atoms with Crippen LogP contribution >= 0.6 is 11.6 Å². The Bertz CT molecular complexity index is 884. The van der Waals surface area contributed by atoms with Gasteiger partial charge in [0.1, 0.15) is 23.7 Å². The molecular weight excluding hydrogens is 328 g/mol.